The van der Waals surface area contributed by atoms with Gasteiger partial charge in [0.2, 0.25) is 11.9 Å². The summed E-state index contributed by atoms with van der Waals surface area (Å²) in [6, 6.07) is 5.82. The van der Waals surface area contributed by atoms with Crippen LogP contribution in [0.2, 0.25) is 5.02 Å². The molecular weight excluding hydrogens is 538 g/mol. The molecule has 5 rings (SSSR count). The van der Waals surface area contributed by atoms with Gasteiger partial charge in [-0.2, -0.15) is 4.98 Å². The first kappa shape index (κ1) is 28.0. The first-order valence-corrected chi connectivity index (χ1v) is 13.7. The van der Waals surface area contributed by atoms with E-state index in [-0.39, 0.29) is 33.6 Å². The first-order valence-electron chi connectivity index (χ1n) is 13.3. The molecule has 2 aliphatic heterocycles. The minimum Gasteiger partial charge on any atom is -0.507 e. The predicted octanol–water partition coefficient (Wildman–Crippen LogP) is 4.69. The molecule has 0 aliphatic carbocycles. The number of amides is 1. The Labute approximate surface area is 237 Å². The van der Waals surface area contributed by atoms with E-state index in [9.17, 15) is 14.3 Å². The number of rotatable bonds is 6. The van der Waals surface area contributed by atoms with Gasteiger partial charge in [0.1, 0.15) is 22.9 Å². The van der Waals surface area contributed by atoms with Gasteiger partial charge in [0.15, 0.2) is 5.82 Å². The zero-order valence-electron chi connectivity index (χ0n) is 23.0. The molecule has 3 heterocycles. The van der Waals surface area contributed by atoms with Crippen molar-refractivity contribution in [2.45, 2.75) is 38.9 Å². The monoisotopic (exact) mass is 570 g/mol. The average Bonchev–Trinajstić information content (AvgIpc) is 2.88. The van der Waals surface area contributed by atoms with E-state index in [2.05, 4.69) is 37.4 Å². The Morgan fingerprint density at radius 2 is 1.90 bits per heavy atom. The highest BCUT2D eigenvalue weighted by Crippen LogP contribution is 2.43. The lowest BCUT2D eigenvalue weighted by Gasteiger charge is -2.46. The van der Waals surface area contributed by atoms with Crippen LogP contribution in [0.4, 0.5) is 20.5 Å². The quantitative estimate of drug-likeness (QED) is 0.431. The van der Waals surface area contributed by atoms with Crippen molar-refractivity contribution in [1.82, 2.24) is 19.8 Å². The number of fused-ring (bicyclic) bond motifs is 1. The summed E-state index contributed by atoms with van der Waals surface area (Å²) in [5, 5.41) is 10.7. The van der Waals surface area contributed by atoms with E-state index >= 15 is 4.39 Å². The molecule has 2 saturated heterocycles. The topological polar surface area (TPSA) is 76.0 Å². The van der Waals surface area contributed by atoms with Crippen LogP contribution in [0.25, 0.3) is 22.0 Å². The molecule has 2 fully saturated rings. The number of likely N-dealkylation sites (N-methyl/N-ethyl adjacent to an activating group) is 1. The maximum absolute atomic E-state index is 16.3. The standard InChI is InChI=1S/C29H33ClF2N6O2/c1-6-23(40)38-11-10-36(13-17(38)4)28-19-12-20(30)24(25-21(31)8-7-9-22(25)39)26(32)27(19)33-29(34-28)37-14-18(15-37)35(5)16(2)3/h6-9,12,16-18,39H,1,10-11,13-15H2,2-5H3. The molecule has 0 bridgehead atoms. The highest BCUT2D eigenvalue weighted by Gasteiger charge is 2.35. The van der Waals surface area contributed by atoms with Crippen molar-refractivity contribution >= 4 is 40.2 Å². The van der Waals surface area contributed by atoms with E-state index in [1.807, 2.05) is 16.7 Å². The molecule has 11 heteroatoms. The Hall–Kier alpha value is -3.50. The van der Waals surface area contributed by atoms with E-state index in [0.29, 0.717) is 62.0 Å². The number of carbonyl (C=O) groups is 1. The lowest BCUT2D eigenvalue weighted by molar-refractivity contribution is -0.128. The summed E-state index contributed by atoms with van der Waals surface area (Å²) >= 11 is 6.56. The minimum atomic E-state index is -0.835. The van der Waals surface area contributed by atoms with Crippen molar-refractivity contribution < 1.29 is 18.7 Å². The molecular formula is C29H33ClF2N6O2. The van der Waals surface area contributed by atoms with Crippen molar-refractivity contribution in [3.63, 3.8) is 0 Å². The van der Waals surface area contributed by atoms with Crippen LogP contribution in [0.1, 0.15) is 20.8 Å². The van der Waals surface area contributed by atoms with E-state index < -0.39 is 17.4 Å². The number of nitrogens with zero attached hydrogens (tertiary/aromatic N) is 6. The second-order valence-electron chi connectivity index (χ2n) is 10.8. The van der Waals surface area contributed by atoms with Crippen molar-refractivity contribution in [3.05, 3.63) is 53.6 Å². The van der Waals surface area contributed by atoms with Crippen LogP contribution < -0.4 is 9.80 Å². The summed E-state index contributed by atoms with van der Waals surface area (Å²) in [7, 11) is 2.07. The normalized spacial score (nSPS) is 18.1. The molecule has 2 aliphatic rings. The third kappa shape index (κ3) is 4.83. The van der Waals surface area contributed by atoms with E-state index in [1.54, 1.807) is 4.90 Å². The molecule has 1 amide bonds. The Morgan fingerprint density at radius 3 is 2.52 bits per heavy atom. The number of piperazine rings is 1. The summed E-state index contributed by atoms with van der Waals surface area (Å²) in [6.07, 6.45) is 1.30. The number of aromatic nitrogens is 2. The highest BCUT2D eigenvalue weighted by atomic mass is 35.5. The van der Waals surface area contributed by atoms with Crippen molar-refractivity contribution in [2.75, 3.05) is 49.6 Å². The van der Waals surface area contributed by atoms with E-state index in [1.165, 1.54) is 24.3 Å². The van der Waals surface area contributed by atoms with Crippen LogP contribution in [0, 0.1) is 11.6 Å². The summed E-state index contributed by atoms with van der Waals surface area (Å²) in [4.78, 5) is 29.8. The number of halogens is 3. The van der Waals surface area contributed by atoms with Crippen LogP contribution in [0.15, 0.2) is 36.9 Å². The summed E-state index contributed by atoms with van der Waals surface area (Å²) in [6.45, 7) is 12.5. The molecule has 0 saturated carbocycles. The van der Waals surface area contributed by atoms with Gasteiger partial charge in [-0.15, -0.1) is 0 Å². The Bertz CT molecular complexity index is 1460. The van der Waals surface area contributed by atoms with Gasteiger partial charge in [0, 0.05) is 61.8 Å². The number of phenols is 1. The van der Waals surface area contributed by atoms with E-state index in [4.69, 9.17) is 16.6 Å². The van der Waals surface area contributed by atoms with Gasteiger partial charge in [-0.3, -0.25) is 9.69 Å². The smallest absolute Gasteiger partial charge is 0.246 e. The van der Waals surface area contributed by atoms with Crippen molar-refractivity contribution in [2.24, 2.45) is 0 Å². The molecule has 0 spiro atoms. The molecule has 8 nitrogen and oxygen atoms in total. The van der Waals surface area contributed by atoms with Crippen molar-refractivity contribution in [1.29, 1.82) is 0 Å². The van der Waals surface area contributed by atoms with Gasteiger partial charge in [0.25, 0.3) is 0 Å². The average molecular weight is 571 g/mol. The number of aromatic hydroxyl groups is 1. The second kappa shape index (κ2) is 10.8. The van der Waals surface area contributed by atoms with Gasteiger partial charge < -0.3 is 19.8 Å². The second-order valence-corrected chi connectivity index (χ2v) is 11.2. The molecule has 1 N–H and O–H groups in total. The maximum Gasteiger partial charge on any atom is 0.246 e. The number of carbonyl (C=O) groups excluding carboxylic acids is 1. The SMILES string of the molecule is C=CC(=O)N1CCN(c2nc(N3CC(N(C)C(C)C)C3)nc3c(F)c(-c4c(O)cccc4F)c(Cl)cc23)CC1C. The van der Waals surface area contributed by atoms with Gasteiger partial charge in [-0.05, 0) is 52.1 Å². The zero-order valence-corrected chi connectivity index (χ0v) is 23.8. The number of hydrogen-bond acceptors (Lipinski definition) is 7. The van der Waals surface area contributed by atoms with Crippen molar-refractivity contribution in [3.8, 4) is 16.9 Å². The molecule has 212 valence electrons. The molecule has 3 aromatic rings. The number of benzene rings is 2. The summed E-state index contributed by atoms with van der Waals surface area (Å²) in [5.74, 6) is -1.36. The number of phenolic OH excluding ortho intramolecular Hbond substituents is 1. The van der Waals surface area contributed by atoms with Crippen LogP contribution in [0.5, 0.6) is 5.75 Å². The molecule has 2 aromatic carbocycles. The van der Waals surface area contributed by atoms with Crippen LogP contribution in [-0.4, -0.2) is 88.7 Å². The van der Waals surface area contributed by atoms with Crippen LogP contribution in [-0.2, 0) is 4.79 Å². The van der Waals surface area contributed by atoms with Gasteiger partial charge in [-0.25, -0.2) is 13.8 Å². The first-order chi connectivity index (χ1) is 19.0. The fraction of sp³-hybridized carbons (Fsp3) is 0.414. The number of anilines is 2. The fourth-order valence-electron chi connectivity index (χ4n) is 5.43. The van der Waals surface area contributed by atoms with Gasteiger partial charge in [0.05, 0.1) is 10.6 Å². The molecule has 1 atom stereocenters. The largest absolute Gasteiger partial charge is 0.507 e. The molecule has 0 radical (unpaired) electrons. The van der Waals surface area contributed by atoms with Crippen LogP contribution >= 0.6 is 11.6 Å². The Morgan fingerprint density at radius 1 is 1.18 bits per heavy atom. The van der Waals surface area contributed by atoms with Gasteiger partial charge >= 0.3 is 0 Å². The van der Waals surface area contributed by atoms with E-state index in [0.717, 1.165) is 6.07 Å². The molecule has 1 aromatic heterocycles. The lowest BCUT2D eigenvalue weighted by atomic mass is 10.0. The third-order valence-corrected chi connectivity index (χ3v) is 8.31. The minimum absolute atomic E-state index is 0.0139. The third-order valence-electron chi connectivity index (χ3n) is 8.01. The highest BCUT2D eigenvalue weighted by molar-refractivity contribution is 6.34. The summed E-state index contributed by atoms with van der Waals surface area (Å²) < 4.78 is 31.1. The fourth-order valence-corrected chi connectivity index (χ4v) is 5.72. The number of hydrogen-bond donors (Lipinski definition) is 1. The maximum atomic E-state index is 16.3. The lowest BCUT2D eigenvalue weighted by Crippen LogP contribution is -2.60. The van der Waals surface area contributed by atoms with Crippen LogP contribution in [0.3, 0.4) is 0 Å². The Kier molecular flexibility index (Phi) is 7.58. The molecule has 1 unspecified atom stereocenters. The Balaban J connectivity index is 1.63. The zero-order chi connectivity index (χ0) is 28.9. The van der Waals surface area contributed by atoms with Gasteiger partial charge in [-0.1, -0.05) is 24.2 Å². The predicted molar refractivity (Wildman–Crippen MR) is 154 cm³/mol. The molecule has 40 heavy (non-hydrogen) atoms. The summed E-state index contributed by atoms with van der Waals surface area (Å²) in [5.41, 5.74) is -0.586.